The first-order valence-electron chi connectivity index (χ1n) is 5.40. The summed E-state index contributed by atoms with van der Waals surface area (Å²) in [4.78, 5) is 2.34. The summed E-state index contributed by atoms with van der Waals surface area (Å²) < 4.78 is 0. The Hall–Kier alpha value is -0.840. The summed E-state index contributed by atoms with van der Waals surface area (Å²) in [6, 6.07) is 5.42. The van der Waals surface area contributed by atoms with Gasteiger partial charge >= 0.3 is 0 Å². The highest BCUT2D eigenvalue weighted by Crippen LogP contribution is 2.24. The number of thiocarbonyl (C=S) groups is 1. The molecule has 0 radical (unpaired) electrons. The number of hydrogen-bond donors (Lipinski definition) is 2. The van der Waals surface area contributed by atoms with Crippen molar-refractivity contribution >= 4 is 34.5 Å². The number of aliphatic hydroxyl groups excluding tert-OH is 1. The summed E-state index contributed by atoms with van der Waals surface area (Å²) in [5.74, 6) is 0. The largest absolute Gasteiger partial charge is 0.393 e. The molecule has 94 valence electrons. The van der Waals surface area contributed by atoms with Crippen LogP contribution >= 0.6 is 23.8 Å². The van der Waals surface area contributed by atoms with Crippen molar-refractivity contribution in [2.45, 2.75) is 19.4 Å². The average molecular weight is 273 g/mol. The Labute approximate surface area is 112 Å². The zero-order valence-corrected chi connectivity index (χ0v) is 11.6. The van der Waals surface area contributed by atoms with Gasteiger partial charge in [0.25, 0.3) is 0 Å². The van der Waals surface area contributed by atoms with E-state index in [4.69, 9.17) is 29.6 Å². The number of nitrogens with zero attached hydrogens (tertiary/aromatic N) is 1. The minimum absolute atomic E-state index is 0.329. The van der Waals surface area contributed by atoms with Crippen LogP contribution in [0.1, 0.15) is 18.9 Å². The molecule has 0 spiro atoms. The Kier molecular flexibility index (Phi) is 5.18. The third kappa shape index (κ3) is 4.15. The third-order valence-corrected chi connectivity index (χ3v) is 2.97. The molecule has 1 unspecified atom stereocenters. The molecule has 17 heavy (non-hydrogen) atoms. The Morgan fingerprint density at radius 3 is 2.76 bits per heavy atom. The topological polar surface area (TPSA) is 49.5 Å². The Balaban J connectivity index is 2.94. The van der Waals surface area contributed by atoms with Crippen LogP contribution < -0.4 is 10.6 Å². The minimum Gasteiger partial charge on any atom is -0.393 e. The molecule has 1 aromatic rings. The first-order chi connectivity index (χ1) is 7.91. The molecule has 0 aliphatic carbocycles. The highest BCUT2D eigenvalue weighted by molar-refractivity contribution is 7.80. The molecule has 0 aliphatic heterocycles. The second-order valence-electron chi connectivity index (χ2n) is 4.08. The van der Waals surface area contributed by atoms with Gasteiger partial charge in [-0.15, -0.1) is 0 Å². The fraction of sp³-hybridized carbons (Fsp3) is 0.417. The lowest BCUT2D eigenvalue weighted by Gasteiger charge is -2.23. The Morgan fingerprint density at radius 2 is 2.24 bits per heavy atom. The first kappa shape index (κ1) is 14.2. The van der Waals surface area contributed by atoms with Crippen molar-refractivity contribution in [1.29, 1.82) is 0 Å². The van der Waals surface area contributed by atoms with E-state index in [2.05, 4.69) is 0 Å². The molecule has 1 rings (SSSR count). The fourth-order valence-electron chi connectivity index (χ4n) is 1.53. The van der Waals surface area contributed by atoms with Crippen LogP contribution in [0.25, 0.3) is 0 Å². The molecule has 0 saturated heterocycles. The van der Waals surface area contributed by atoms with Crippen molar-refractivity contribution in [3.63, 3.8) is 0 Å². The average Bonchev–Trinajstić information content (AvgIpc) is 2.25. The maximum absolute atomic E-state index is 9.28. The van der Waals surface area contributed by atoms with Gasteiger partial charge in [-0.05, 0) is 31.5 Å². The minimum atomic E-state index is -0.329. The van der Waals surface area contributed by atoms with Crippen molar-refractivity contribution in [2.75, 3.05) is 18.5 Å². The van der Waals surface area contributed by atoms with Gasteiger partial charge in [-0.2, -0.15) is 0 Å². The quantitative estimate of drug-likeness (QED) is 0.807. The zero-order valence-electron chi connectivity index (χ0n) is 9.98. The van der Waals surface area contributed by atoms with E-state index in [0.717, 1.165) is 11.3 Å². The molecule has 3 nitrogen and oxygen atoms in total. The third-order valence-electron chi connectivity index (χ3n) is 2.52. The number of nitrogens with two attached hydrogens (primary N) is 1. The van der Waals surface area contributed by atoms with E-state index in [1.54, 1.807) is 13.0 Å². The molecule has 0 aromatic heterocycles. The van der Waals surface area contributed by atoms with E-state index in [1.807, 2.05) is 24.1 Å². The summed E-state index contributed by atoms with van der Waals surface area (Å²) in [6.45, 7) is 2.48. The van der Waals surface area contributed by atoms with Crippen LogP contribution in [0.5, 0.6) is 0 Å². The van der Waals surface area contributed by atoms with Crippen LogP contribution in [0.15, 0.2) is 18.2 Å². The fourth-order valence-corrected chi connectivity index (χ4v) is 1.87. The predicted octanol–water partition coefficient (Wildman–Crippen LogP) is 2.18. The summed E-state index contributed by atoms with van der Waals surface area (Å²) >= 11 is 11.0. The number of hydrogen-bond acceptors (Lipinski definition) is 3. The lowest BCUT2D eigenvalue weighted by atomic mass is 10.1. The summed E-state index contributed by atoms with van der Waals surface area (Å²) in [7, 11) is 1.93. The van der Waals surface area contributed by atoms with Gasteiger partial charge in [-0.1, -0.05) is 23.8 Å². The predicted molar refractivity (Wildman–Crippen MR) is 76.9 cm³/mol. The molecule has 0 bridgehead atoms. The Bertz CT molecular complexity index is 409. The van der Waals surface area contributed by atoms with Gasteiger partial charge in [0.1, 0.15) is 4.99 Å². The smallest absolute Gasteiger partial charge is 0.106 e. The molecule has 0 aliphatic rings. The van der Waals surface area contributed by atoms with Crippen LogP contribution in [0.3, 0.4) is 0 Å². The summed E-state index contributed by atoms with van der Waals surface area (Å²) in [6.07, 6.45) is 0.352. The molecule has 3 N–H and O–H groups in total. The van der Waals surface area contributed by atoms with Crippen LogP contribution in [0.4, 0.5) is 5.69 Å². The van der Waals surface area contributed by atoms with Crippen LogP contribution in [-0.2, 0) is 0 Å². The number of aliphatic hydroxyl groups is 1. The van der Waals surface area contributed by atoms with Crippen LogP contribution in [-0.4, -0.2) is 29.8 Å². The van der Waals surface area contributed by atoms with E-state index in [0.29, 0.717) is 23.0 Å². The van der Waals surface area contributed by atoms with E-state index in [-0.39, 0.29) is 6.10 Å². The number of rotatable bonds is 5. The van der Waals surface area contributed by atoms with E-state index in [1.165, 1.54) is 0 Å². The van der Waals surface area contributed by atoms with Crippen molar-refractivity contribution in [2.24, 2.45) is 5.73 Å². The highest BCUT2D eigenvalue weighted by atomic mass is 35.5. The van der Waals surface area contributed by atoms with Gasteiger partial charge in [0.05, 0.1) is 6.10 Å². The van der Waals surface area contributed by atoms with Gasteiger partial charge in [0.2, 0.25) is 0 Å². The molecule has 0 amide bonds. The van der Waals surface area contributed by atoms with E-state index < -0.39 is 0 Å². The zero-order chi connectivity index (χ0) is 13.0. The molecule has 5 heteroatoms. The van der Waals surface area contributed by atoms with Gasteiger partial charge < -0.3 is 15.7 Å². The van der Waals surface area contributed by atoms with Crippen LogP contribution in [0, 0.1) is 0 Å². The molecular weight excluding hydrogens is 256 g/mol. The van der Waals surface area contributed by atoms with Crippen molar-refractivity contribution in [3.05, 3.63) is 28.8 Å². The lowest BCUT2D eigenvalue weighted by Crippen LogP contribution is -2.25. The second-order valence-corrected chi connectivity index (χ2v) is 4.96. The van der Waals surface area contributed by atoms with Gasteiger partial charge in [-0.3, -0.25) is 0 Å². The Morgan fingerprint density at radius 1 is 1.59 bits per heavy atom. The number of benzene rings is 1. The van der Waals surface area contributed by atoms with Gasteiger partial charge in [0, 0.05) is 29.9 Å². The number of anilines is 1. The maximum atomic E-state index is 9.28. The first-order valence-corrected chi connectivity index (χ1v) is 6.19. The van der Waals surface area contributed by atoms with Gasteiger partial charge in [-0.25, -0.2) is 0 Å². The number of halogens is 1. The van der Waals surface area contributed by atoms with E-state index >= 15 is 0 Å². The van der Waals surface area contributed by atoms with Crippen molar-refractivity contribution in [1.82, 2.24) is 0 Å². The maximum Gasteiger partial charge on any atom is 0.106 e. The second kappa shape index (κ2) is 6.19. The molecule has 1 aromatic carbocycles. The van der Waals surface area contributed by atoms with Crippen molar-refractivity contribution in [3.8, 4) is 0 Å². The molecule has 0 fully saturated rings. The lowest BCUT2D eigenvalue weighted by molar-refractivity contribution is 0.187. The van der Waals surface area contributed by atoms with Crippen LogP contribution in [0.2, 0.25) is 5.02 Å². The molecule has 0 saturated carbocycles. The highest BCUT2D eigenvalue weighted by Gasteiger charge is 2.11. The molecule has 0 heterocycles. The SMILES string of the molecule is CC(O)CCN(C)c1cc(Cl)ccc1C(N)=S. The molecular formula is C12H17ClN2OS. The summed E-state index contributed by atoms with van der Waals surface area (Å²) in [5, 5.41) is 9.92. The van der Waals surface area contributed by atoms with Gasteiger partial charge in [0.15, 0.2) is 0 Å². The standard InChI is InChI=1S/C12H17ClN2OS/c1-8(16)5-6-15(2)11-7-9(13)3-4-10(11)12(14)17/h3-4,7-8,16H,5-6H2,1-2H3,(H2,14,17). The molecule has 1 atom stereocenters. The monoisotopic (exact) mass is 272 g/mol. The normalized spacial score (nSPS) is 12.2. The van der Waals surface area contributed by atoms with Crippen molar-refractivity contribution < 1.29 is 5.11 Å². The summed E-state index contributed by atoms with van der Waals surface area (Å²) in [5.41, 5.74) is 7.37. The van der Waals surface area contributed by atoms with E-state index in [9.17, 15) is 5.11 Å².